The summed E-state index contributed by atoms with van der Waals surface area (Å²) in [6.45, 7) is 21.0. The van der Waals surface area contributed by atoms with Gasteiger partial charge in [0, 0.05) is 51.6 Å². The van der Waals surface area contributed by atoms with Gasteiger partial charge in [0.15, 0.2) is 0 Å². The summed E-state index contributed by atoms with van der Waals surface area (Å²) >= 11 is 0. The van der Waals surface area contributed by atoms with Crippen LogP contribution in [-0.4, -0.2) is 20.8 Å². The van der Waals surface area contributed by atoms with Crippen LogP contribution >= 0.6 is 0 Å². The quantitative estimate of drug-likeness (QED) is 0.152. The zero-order chi connectivity index (χ0) is 51.1. The third-order valence-corrected chi connectivity index (χ3v) is 14.9. The van der Waals surface area contributed by atoms with Crippen molar-refractivity contribution in [2.75, 3.05) is 16.5 Å². The van der Waals surface area contributed by atoms with E-state index in [-0.39, 0.29) is 16.2 Å². The monoisotopic (exact) mass is 966 g/mol. The molecule has 0 atom stereocenters. The molecule has 0 aliphatic carbocycles. The molecule has 0 N–H and O–H groups in total. The van der Waals surface area contributed by atoms with Gasteiger partial charge < -0.3 is 19.1 Å². The molecule has 3 aromatic heterocycles. The molecular formula is C68H63N5O. The number of hydrogen-bond donors (Lipinski definition) is 0. The normalized spacial score (nSPS) is 13.1. The molecule has 6 heteroatoms. The Morgan fingerprint density at radius 1 is 0.405 bits per heavy atom. The van der Waals surface area contributed by atoms with E-state index in [1.54, 1.807) is 0 Å². The van der Waals surface area contributed by atoms with Gasteiger partial charge in [-0.05, 0) is 111 Å². The number of fused-ring (bicyclic) bond motifs is 6. The lowest BCUT2D eigenvalue weighted by Crippen LogP contribution is -2.25. The maximum absolute atomic E-state index is 6.97. The van der Waals surface area contributed by atoms with E-state index in [4.69, 9.17) is 9.72 Å². The van der Waals surface area contributed by atoms with E-state index in [1.807, 2.05) is 6.20 Å². The van der Waals surface area contributed by atoms with Crippen molar-refractivity contribution in [2.24, 2.45) is 0 Å². The molecule has 0 unspecified atom stereocenters. The van der Waals surface area contributed by atoms with Gasteiger partial charge >= 0.3 is 0 Å². The van der Waals surface area contributed by atoms with Crippen LogP contribution in [0.1, 0.15) is 79.0 Å². The van der Waals surface area contributed by atoms with Gasteiger partial charge in [0.25, 0.3) is 0 Å². The number of para-hydroxylation sites is 5. The van der Waals surface area contributed by atoms with Gasteiger partial charge in [0.1, 0.15) is 24.0 Å². The van der Waals surface area contributed by atoms with Crippen molar-refractivity contribution in [3.8, 4) is 45.3 Å². The number of rotatable bonds is 8. The fraction of sp³-hybridized carbons (Fsp3) is 0.191. The first kappa shape index (κ1) is 46.7. The maximum atomic E-state index is 6.97. The molecule has 11 aromatic rings. The fourth-order valence-electron chi connectivity index (χ4n) is 10.9. The average molecular weight is 966 g/mol. The lowest BCUT2D eigenvalue weighted by Gasteiger charge is -2.28. The Hall–Kier alpha value is -8.35. The number of benzene rings is 8. The van der Waals surface area contributed by atoms with Crippen LogP contribution in [0.25, 0.3) is 66.6 Å². The highest BCUT2D eigenvalue weighted by molar-refractivity contribution is 6.20. The van der Waals surface area contributed by atoms with Crippen LogP contribution in [0, 0.1) is 0 Å². The average Bonchev–Trinajstić information content (AvgIpc) is 4.08. The minimum atomic E-state index is -0.0631. The van der Waals surface area contributed by atoms with Gasteiger partial charge in [-0.25, -0.2) is 4.98 Å². The number of anilines is 4. The minimum Gasteiger partial charge on any atom is -0.457 e. The van der Waals surface area contributed by atoms with Gasteiger partial charge in [-0.2, -0.15) is 0 Å². The topological polar surface area (TPSA) is 38.5 Å². The molecule has 366 valence electrons. The van der Waals surface area contributed by atoms with Crippen molar-refractivity contribution < 1.29 is 4.74 Å². The summed E-state index contributed by atoms with van der Waals surface area (Å²) in [6, 6.07) is 72.7. The fourth-order valence-corrected chi connectivity index (χ4v) is 10.9. The van der Waals surface area contributed by atoms with Crippen molar-refractivity contribution in [2.45, 2.75) is 78.6 Å². The molecule has 0 amide bonds. The summed E-state index contributed by atoms with van der Waals surface area (Å²) < 4.78 is 11.7. The van der Waals surface area contributed by atoms with Crippen molar-refractivity contribution >= 4 is 55.6 Å². The standard InChI is InChI=1S/C68H63N5O/c1-66(2,3)47-33-29-45(30-34-47)54-24-18-25-55(46-31-35-48(36-32-46)67(4,5)6)63(54)71-44-70(59-27-15-16-28-60(59)71)51-21-17-22-52(42-51)74-53-37-38-57-61(43-53)73(62-41-49(39-40-69-62)68(7,8)9)65-56-23-13-14-26-58(56)72(64(57)65)50-19-11-10-12-20-50/h10-43H,44H2,1-9H3. The second kappa shape index (κ2) is 17.7. The van der Waals surface area contributed by atoms with Gasteiger partial charge in [0.2, 0.25) is 0 Å². The molecule has 74 heavy (non-hydrogen) atoms. The van der Waals surface area contributed by atoms with Crippen LogP contribution in [0.2, 0.25) is 0 Å². The molecule has 0 saturated heterocycles. The molecule has 0 saturated carbocycles. The smallest absolute Gasteiger partial charge is 0.137 e. The highest BCUT2D eigenvalue weighted by Gasteiger charge is 2.32. The van der Waals surface area contributed by atoms with Crippen LogP contribution in [0.4, 0.5) is 22.7 Å². The van der Waals surface area contributed by atoms with Crippen LogP contribution < -0.4 is 14.5 Å². The number of nitrogens with zero attached hydrogens (tertiary/aromatic N) is 5. The Bertz CT molecular complexity index is 3820. The summed E-state index contributed by atoms with van der Waals surface area (Å²) in [5.41, 5.74) is 18.7. The van der Waals surface area contributed by atoms with Gasteiger partial charge in [-0.15, -0.1) is 0 Å². The summed E-state index contributed by atoms with van der Waals surface area (Å²) in [5, 5.41) is 2.28. The predicted octanol–water partition coefficient (Wildman–Crippen LogP) is 18.4. The summed E-state index contributed by atoms with van der Waals surface area (Å²) in [4.78, 5) is 9.99. The molecule has 0 fully saturated rings. The number of aromatic nitrogens is 3. The molecule has 0 spiro atoms. The number of pyridine rings is 1. The van der Waals surface area contributed by atoms with Crippen molar-refractivity contribution in [3.05, 3.63) is 223 Å². The first-order valence-electron chi connectivity index (χ1n) is 26.0. The molecule has 0 bridgehead atoms. The zero-order valence-electron chi connectivity index (χ0n) is 44.0. The van der Waals surface area contributed by atoms with E-state index in [2.05, 4.69) is 281 Å². The van der Waals surface area contributed by atoms with Gasteiger partial charge in [0.05, 0.1) is 39.1 Å². The van der Waals surface area contributed by atoms with Crippen molar-refractivity contribution in [3.63, 3.8) is 0 Å². The number of hydrogen-bond acceptors (Lipinski definition) is 4. The van der Waals surface area contributed by atoms with Crippen molar-refractivity contribution in [1.29, 1.82) is 0 Å². The zero-order valence-corrected chi connectivity index (χ0v) is 44.0. The first-order chi connectivity index (χ1) is 35.6. The molecule has 12 rings (SSSR count). The van der Waals surface area contributed by atoms with Crippen LogP contribution in [0.3, 0.4) is 0 Å². The Kier molecular flexibility index (Phi) is 11.2. The predicted molar refractivity (Wildman–Crippen MR) is 311 cm³/mol. The molecule has 1 aliphatic rings. The Morgan fingerprint density at radius 3 is 1.59 bits per heavy atom. The van der Waals surface area contributed by atoms with E-state index in [1.165, 1.54) is 44.6 Å². The minimum absolute atomic E-state index is 0.0519. The van der Waals surface area contributed by atoms with Gasteiger partial charge in [-0.1, -0.05) is 184 Å². The lowest BCUT2D eigenvalue weighted by atomic mass is 9.85. The summed E-state index contributed by atoms with van der Waals surface area (Å²) in [5.74, 6) is 2.38. The molecular weight excluding hydrogens is 903 g/mol. The first-order valence-corrected chi connectivity index (χ1v) is 26.0. The molecule has 0 radical (unpaired) electrons. The Labute approximate surface area is 435 Å². The summed E-state index contributed by atoms with van der Waals surface area (Å²) in [6.07, 6.45) is 1.95. The highest BCUT2D eigenvalue weighted by atomic mass is 16.5. The number of ether oxygens (including phenoxy) is 1. The molecule has 6 nitrogen and oxygen atoms in total. The largest absolute Gasteiger partial charge is 0.457 e. The van der Waals surface area contributed by atoms with Crippen LogP contribution in [-0.2, 0) is 16.2 Å². The second-order valence-electron chi connectivity index (χ2n) is 23.0. The molecule has 1 aliphatic heterocycles. The highest BCUT2D eigenvalue weighted by Crippen LogP contribution is 2.51. The van der Waals surface area contributed by atoms with E-state index in [0.717, 1.165) is 72.9 Å². The maximum Gasteiger partial charge on any atom is 0.137 e. The SMILES string of the molecule is CC(C)(C)c1ccc(-c2cccc(-c3ccc(C(C)(C)C)cc3)c2N2CN(c3cccc(Oc4ccc5c(c4)n(-c4cc(C(C)(C)C)ccn4)c4c6ccccc6n(-c6ccccc6)c54)c3)c3ccccc32)cc1. The van der Waals surface area contributed by atoms with Crippen LogP contribution in [0.15, 0.2) is 206 Å². The molecule has 8 aromatic carbocycles. The summed E-state index contributed by atoms with van der Waals surface area (Å²) in [7, 11) is 0. The second-order valence-corrected chi connectivity index (χ2v) is 23.0. The Morgan fingerprint density at radius 2 is 0.946 bits per heavy atom. The third kappa shape index (κ3) is 8.19. The lowest BCUT2D eigenvalue weighted by molar-refractivity contribution is 0.483. The van der Waals surface area contributed by atoms with E-state index in [0.29, 0.717) is 6.67 Å². The van der Waals surface area contributed by atoms with E-state index < -0.39 is 0 Å². The van der Waals surface area contributed by atoms with Gasteiger partial charge in [-0.3, -0.25) is 4.57 Å². The third-order valence-electron chi connectivity index (χ3n) is 14.9. The van der Waals surface area contributed by atoms with Crippen LogP contribution in [0.5, 0.6) is 11.5 Å². The Balaban J connectivity index is 0.958. The molecule has 4 heterocycles. The van der Waals surface area contributed by atoms with E-state index >= 15 is 0 Å². The van der Waals surface area contributed by atoms with E-state index in [9.17, 15) is 0 Å². The van der Waals surface area contributed by atoms with Crippen molar-refractivity contribution in [1.82, 2.24) is 14.1 Å².